The van der Waals surface area contributed by atoms with Gasteiger partial charge >= 0.3 is 5.97 Å². The van der Waals surface area contributed by atoms with Crippen molar-refractivity contribution in [2.24, 2.45) is 11.8 Å². The summed E-state index contributed by atoms with van der Waals surface area (Å²) in [5.74, 6) is -1.52. The lowest BCUT2D eigenvalue weighted by Gasteiger charge is -2.34. The molecule has 0 radical (unpaired) electrons. The molecule has 1 aromatic rings. The summed E-state index contributed by atoms with van der Waals surface area (Å²) in [6.45, 7) is 2.94. The molecule has 2 amide bonds. The second-order valence-electron chi connectivity index (χ2n) is 5.66. The van der Waals surface area contributed by atoms with Crippen LogP contribution >= 0.6 is 0 Å². The molecule has 1 aliphatic rings. The summed E-state index contributed by atoms with van der Waals surface area (Å²) in [6, 6.07) is 3.15. The van der Waals surface area contributed by atoms with Gasteiger partial charge in [-0.05, 0) is 24.5 Å². The zero-order chi connectivity index (χ0) is 16.1. The van der Waals surface area contributed by atoms with Gasteiger partial charge < -0.3 is 19.7 Å². The standard InChI is InChI=1S/C15H20N2O5/c1-10-7-11(15(20)21)9-17(8-10)13(18)4-5-16-14(19)12-3-2-6-22-12/h2-3,6,10-11H,4-5,7-9H2,1H3,(H,16,19)(H,20,21). The van der Waals surface area contributed by atoms with E-state index < -0.39 is 11.9 Å². The van der Waals surface area contributed by atoms with Crippen molar-refractivity contribution < 1.29 is 23.9 Å². The first-order chi connectivity index (χ1) is 10.5. The molecule has 0 bridgehead atoms. The molecule has 0 aliphatic carbocycles. The summed E-state index contributed by atoms with van der Waals surface area (Å²) in [6.07, 6.45) is 2.14. The molecule has 7 heteroatoms. The van der Waals surface area contributed by atoms with Gasteiger partial charge in [-0.3, -0.25) is 14.4 Å². The summed E-state index contributed by atoms with van der Waals surface area (Å²) in [5.41, 5.74) is 0. The molecule has 1 aliphatic heterocycles. The lowest BCUT2D eigenvalue weighted by atomic mass is 9.90. The minimum atomic E-state index is -0.865. The van der Waals surface area contributed by atoms with Crippen LogP contribution < -0.4 is 5.32 Å². The van der Waals surface area contributed by atoms with Gasteiger partial charge in [-0.15, -0.1) is 0 Å². The fraction of sp³-hybridized carbons (Fsp3) is 0.533. The number of likely N-dealkylation sites (tertiary alicyclic amines) is 1. The van der Waals surface area contributed by atoms with Gasteiger partial charge in [0.15, 0.2) is 5.76 Å². The number of nitrogens with zero attached hydrogens (tertiary/aromatic N) is 1. The van der Waals surface area contributed by atoms with Crippen molar-refractivity contribution in [3.63, 3.8) is 0 Å². The van der Waals surface area contributed by atoms with E-state index in [-0.39, 0.29) is 43.0 Å². The second-order valence-corrected chi connectivity index (χ2v) is 5.66. The third-order valence-corrected chi connectivity index (χ3v) is 3.73. The van der Waals surface area contributed by atoms with E-state index in [1.807, 2.05) is 6.92 Å². The van der Waals surface area contributed by atoms with Gasteiger partial charge in [-0.1, -0.05) is 6.92 Å². The highest BCUT2D eigenvalue weighted by Crippen LogP contribution is 2.22. The molecule has 2 N–H and O–H groups in total. The number of carboxylic acids is 1. The lowest BCUT2D eigenvalue weighted by Crippen LogP contribution is -2.46. The summed E-state index contributed by atoms with van der Waals surface area (Å²) in [4.78, 5) is 36.5. The molecular formula is C15H20N2O5. The van der Waals surface area contributed by atoms with Crippen molar-refractivity contribution in [1.82, 2.24) is 10.2 Å². The Hall–Kier alpha value is -2.31. The molecule has 7 nitrogen and oxygen atoms in total. The number of carboxylic acid groups (broad SMARTS) is 1. The van der Waals surface area contributed by atoms with E-state index in [2.05, 4.69) is 5.32 Å². The van der Waals surface area contributed by atoms with E-state index in [0.717, 1.165) is 0 Å². The number of piperidine rings is 1. The van der Waals surface area contributed by atoms with Gasteiger partial charge in [0, 0.05) is 26.1 Å². The Labute approximate surface area is 128 Å². The molecule has 2 atom stereocenters. The maximum Gasteiger partial charge on any atom is 0.308 e. The third kappa shape index (κ3) is 4.09. The van der Waals surface area contributed by atoms with Crippen molar-refractivity contribution in [3.05, 3.63) is 24.2 Å². The predicted octanol–water partition coefficient (Wildman–Crippen LogP) is 0.969. The van der Waals surface area contributed by atoms with Crippen LogP contribution in [-0.4, -0.2) is 47.4 Å². The number of nitrogens with one attached hydrogen (secondary N) is 1. The van der Waals surface area contributed by atoms with E-state index in [1.54, 1.807) is 17.0 Å². The molecule has 2 rings (SSSR count). The quantitative estimate of drug-likeness (QED) is 0.844. The maximum absolute atomic E-state index is 12.1. The van der Waals surface area contributed by atoms with Crippen LogP contribution in [0.5, 0.6) is 0 Å². The Balaban J connectivity index is 1.79. The Morgan fingerprint density at radius 1 is 1.41 bits per heavy atom. The van der Waals surface area contributed by atoms with Crippen molar-refractivity contribution >= 4 is 17.8 Å². The molecule has 1 fully saturated rings. The topological polar surface area (TPSA) is 99.9 Å². The fourth-order valence-electron chi connectivity index (χ4n) is 2.67. The number of carbonyl (C=O) groups excluding carboxylic acids is 2. The van der Waals surface area contributed by atoms with Gasteiger partial charge in [0.25, 0.3) is 5.91 Å². The highest BCUT2D eigenvalue weighted by Gasteiger charge is 2.31. The smallest absolute Gasteiger partial charge is 0.308 e. The molecule has 1 saturated heterocycles. The number of aliphatic carboxylic acids is 1. The first-order valence-corrected chi connectivity index (χ1v) is 7.29. The summed E-state index contributed by atoms with van der Waals surface area (Å²) in [7, 11) is 0. The van der Waals surface area contributed by atoms with E-state index in [4.69, 9.17) is 9.52 Å². The van der Waals surface area contributed by atoms with Gasteiger partial charge in [-0.25, -0.2) is 0 Å². The zero-order valence-corrected chi connectivity index (χ0v) is 12.4. The Morgan fingerprint density at radius 2 is 2.18 bits per heavy atom. The molecular weight excluding hydrogens is 288 g/mol. The van der Waals surface area contributed by atoms with Crippen molar-refractivity contribution in [3.8, 4) is 0 Å². The molecule has 0 aromatic carbocycles. The van der Waals surface area contributed by atoms with E-state index >= 15 is 0 Å². The third-order valence-electron chi connectivity index (χ3n) is 3.73. The first kappa shape index (κ1) is 16.1. The van der Waals surface area contributed by atoms with E-state index in [1.165, 1.54) is 6.26 Å². The normalized spacial score (nSPS) is 21.4. The van der Waals surface area contributed by atoms with Crippen LogP contribution in [-0.2, 0) is 9.59 Å². The van der Waals surface area contributed by atoms with Gasteiger partial charge in [-0.2, -0.15) is 0 Å². The summed E-state index contributed by atoms with van der Waals surface area (Å²) in [5, 5.41) is 11.7. The van der Waals surface area contributed by atoms with Crippen LogP contribution in [0, 0.1) is 11.8 Å². The molecule has 2 unspecified atom stereocenters. The largest absolute Gasteiger partial charge is 0.481 e. The van der Waals surface area contributed by atoms with Crippen LogP contribution in [0.1, 0.15) is 30.3 Å². The minimum Gasteiger partial charge on any atom is -0.481 e. The molecule has 0 saturated carbocycles. The highest BCUT2D eigenvalue weighted by molar-refractivity contribution is 5.91. The molecule has 2 heterocycles. The van der Waals surface area contributed by atoms with Gasteiger partial charge in [0.05, 0.1) is 12.2 Å². The Morgan fingerprint density at radius 3 is 2.82 bits per heavy atom. The number of furan rings is 1. The number of hydrogen-bond acceptors (Lipinski definition) is 4. The summed E-state index contributed by atoms with van der Waals surface area (Å²) >= 11 is 0. The maximum atomic E-state index is 12.1. The van der Waals surface area contributed by atoms with Gasteiger partial charge in [0.2, 0.25) is 5.91 Å². The first-order valence-electron chi connectivity index (χ1n) is 7.29. The van der Waals surface area contributed by atoms with E-state index in [0.29, 0.717) is 13.0 Å². The Bertz CT molecular complexity index is 540. The highest BCUT2D eigenvalue weighted by atomic mass is 16.4. The van der Waals surface area contributed by atoms with Crippen LogP contribution in [0.3, 0.4) is 0 Å². The molecule has 22 heavy (non-hydrogen) atoms. The molecule has 0 spiro atoms. The zero-order valence-electron chi connectivity index (χ0n) is 12.4. The molecule has 1 aromatic heterocycles. The number of amides is 2. The van der Waals surface area contributed by atoms with Crippen LogP contribution in [0.2, 0.25) is 0 Å². The lowest BCUT2D eigenvalue weighted by molar-refractivity contribution is -0.146. The van der Waals surface area contributed by atoms with E-state index in [9.17, 15) is 14.4 Å². The number of rotatable bonds is 5. The van der Waals surface area contributed by atoms with Crippen LogP contribution in [0.15, 0.2) is 22.8 Å². The monoisotopic (exact) mass is 308 g/mol. The summed E-state index contributed by atoms with van der Waals surface area (Å²) < 4.78 is 4.95. The van der Waals surface area contributed by atoms with Crippen molar-refractivity contribution in [2.75, 3.05) is 19.6 Å². The average Bonchev–Trinajstić information content (AvgIpc) is 3.00. The second kappa shape index (κ2) is 7.11. The van der Waals surface area contributed by atoms with Gasteiger partial charge in [0.1, 0.15) is 0 Å². The number of carbonyl (C=O) groups is 3. The molecule has 120 valence electrons. The Kier molecular flexibility index (Phi) is 5.19. The van der Waals surface area contributed by atoms with Crippen molar-refractivity contribution in [2.45, 2.75) is 19.8 Å². The van der Waals surface area contributed by atoms with Crippen LogP contribution in [0.4, 0.5) is 0 Å². The van der Waals surface area contributed by atoms with Crippen molar-refractivity contribution in [1.29, 1.82) is 0 Å². The average molecular weight is 308 g/mol. The SMILES string of the molecule is CC1CC(C(=O)O)CN(C(=O)CCNC(=O)c2ccco2)C1. The predicted molar refractivity (Wildman–Crippen MR) is 77.1 cm³/mol. The van der Waals surface area contributed by atoms with Crippen LogP contribution in [0.25, 0.3) is 0 Å². The minimum absolute atomic E-state index is 0.141. The number of hydrogen-bond donors (Lipinski definition) is 2. The fourth-order valence-corrected chi connectivity index (χ4v) is 2.67.